The summed E-state index contributed by atoms with van der Waals surface area (Å²) in [7, 11) is 0. The molecule has 19 heteroatoms. The van der Waals surface area contributed by atoms with Gasteiger partial charge in [-0.2, -0.15) is 28.1 Å². The molecule has 53 heavy (non-hydrogen) atoms. The predicted octanol–water partition coefficient (Wildman–Crippen LogP) is 5.09. The van der Waals surface area contributed by atoms with Crippen molar-refractivity contribution in [2.75, 3.05) is 43.5 Å². The molecule has 0 saturated heterocycles. The number of rotatable bonds is 4. The summed E-state index contributed by atoms with van der Waals surface area (Å²) < 4.78 is 49.5. The summed E-state index contributed by atoms with van der Waals surface area (Å²) in [5.41, 5.74) is 1.04. The van der Waals surface area contributed by atoms with Crippen LogP contribution in [-0.4, -0.2) is 86.8 Å². The van der Waals surface area contributed by atoms with Crippen molar-refractivity contribution in [1.29, 1.82) is 0 Å². The molecule has 0 spiro atoms. The lowest BCUT2D eigenvalue weighted by Crippen LogP contribution is -2.48. The molecule has 0 unspecified atom stereocenters. The van der Waals surface area contributed by atoms with Crippen molar-refractivity contribution in [3.05, 3.63) is 75.0 Å². The first kappa shape index (κ1) is 39.1. The molecule has 3 amide bonds. The van der Waals surface area contributed by atoms with Crippen LogP contribution in [0.15, 0.2) is 42.5 Å². The van der Waals surface area contributed by atoms with Gasteiger partial charge < -0.3 is 25.0 Å². The highest BCUT2D eigenvalue weighted by Gasteiger charge is 2.31. The van der Waals surface area contributed by atoms with E-state index < -0.39 is 36.0 Å². The van der Waals surface area contributed by atoms with Gasteiger partial charge in [0.25, 0.3) is 5.91 Å². The van der Waals surface area contributed by atoms with E-state index in [0.717, 1.165) is 0 Å². The van der Waals surface area contributed by atoms with Crippen molar-refractivity contribution >= 4 is 51.7 Å². The summed E-state index contributed by atoms with van der Waals surface area (Å²) in [5.74, 6) is -1.50. The van der Waals surface area contributed by atoms with Gasteiger partial charge in [0, 0.05) is 38.2 Å². The smallest absolute Gasteiger partial charge is 0.422 e. The Bertz CT molecular complexity index is 1930. The van der Waals surface area contributed by atoms with E-state index in [1.54, 1.807) is 42.5 Å². The van der Waals surface area contributed by atoms with E-state index in [-0.39, 0.29) is 62.0 Å². The van der Waals surface area contributed by atoms with Crippen LogP contribution in [0.2, 0.25) is 5.02 Å². The minimum atomic E-state index is -4.60. The number of aryl methyl sites for hydroxylation is 1. The number of hydrogen-bond acceptors (Lipinski definition) is 12. The first-order valence-electron chi connectivity index (χ1n) is 16.6. The molecular weight excluding hydrogens is 739 g/mol. The summed E-state index contributed by atoms with van der Waals surface area (Å²) in [4.78, 5) is 53.5. The number of amides is 3. The average molecular weight is 776 g/mol. The summed E-state index contributed by atoms with van der Waals surface area (Å²) in [6, 6.07) is 11.1. The van der Waals surface area contributed by atoms with Gasteiger partial charge in [-0.3, -0.25) is 19.7 Å². The summed E-state index contributed by atoms with van der Waals surface area (Å²) in [5, 5.41) is 17.5. The Morgan fingerprint density at radius 3 is 2.53 bits per heavy atom. The van der Waals surface area contributed by atoms with Crippen molar-refractivity contribution in [3.8, 4) is 11.8 Å². The van der Waals surface area contributed by atoms with Gasteiger partial charge in [-0.15, -0.1) is 10.2 Å². The Kier molecular flexibility index (Phi) is 12.7. The van der Waals surface area contributed by atoms with Crippen LogP contribution in [0.25, 0.3) is 0 Å². The number of nitrogens with one attached hydrogen (secondary N) is 3. The number of aromatic nitrogens is 5. The lowest BCUT2D eigenvalue weighted by molar-refractivity contribution is -0.154. The van der Waals surface area contributed by atoms with Crippen LogP contribution in [0.5, 0.6) is 11.8 Å². The zero-order chi connectivity index (χ0) is 38.2. The number of benzene rings is 2. The summed E-state index contributed by atoms with van der Waals surface area (Å²) in [6.45, 7) is 4.79. The molecule has 2 aromatic carbocycles. The fraction of sp³-hybridized carbons (Fsp3) is 0.412. The van der Waals surface area contributed by atoms with E-state index >= 15 is 0 Å². The Hall–Kier alpha value is -5.10. The maximum Gasteiger partial charge on any atom is 0.422 e. The van der Waals surface area contributed by atoms with Crippen LogP contribution in [-0.2, 0) is 29.0 Å². The molecule has 4 aromatic rings. The number of carbonyl (C=O) groups is 3. The molecule has 282 valence electrons. The largest absolute Gasteiger partial charge is 0.492 e. The number of ether oxygens (including phenoxy) is 2. The lowest BCUT2D eigenvalue weighted by atomic mass is 9.92. The maximum atomic E-state index is 13.5. The van der Waals surface area contributed by atoms with E-state index in [1.807, 2.05) is 20.8 Å². The van der Waals surface area contributed by atoms with E-state index in [2.05, 4.69) is 41.1 Å². The van der Waals surface area contributed by atoms with Gasteiger partial charge in [0.1, 0.15) is 16.6 Å². The van der Waals surface area contributed by atoms with Crippen molar-refractivity contribution in [3.63, 3.8) is 0 Å². The number of carbonyl (C=O) groups excluding carboxylic acids is 3. The van der Waals surface area contributed by atoms with Crippen LogP contribution in [0.1, 0.15) is 59.5 Å². The zero-order valence-corrected chi connectivity index (χ0v) is 30.6. The number of nitrogens with zero attached hydrogens (tertiary/aromatic N) is 6. The quantitative estimate of drug-likeness (QED) is 0.236. The molecule has 4 aliphatic heterocycles. The molecule has 6 bridgehead atoms. The highest BCUT2D eigenvalue weighted by Crippen LogP contribution is 2.27. The zero-order valence-electron chi connectivity index (χ0n) is 29.1. The minimum absolute atomic E-state index is 0.0153. The van der Waals surface area contributed by atoms with Crippen LogP contribution in [0.3, 0.4) is 0 Å². The van der Waals surface area contributed by atoms with Gasteiger partial charge in [0.2, 0.25) is 11.1 Å². The van der Waals surface area contributed by atoms with Crippen LogP contribution in [0.4, 0.5) is 24.3 Å². The van der Waals surface area contributed by atoms with Gasteiger partial charge in [-0.1, -0.05) is 61.9 Å². The Morgan fingerprint density at radius 2 is 1.83 bits per heavy atom. The molecule has 0 aliphatic carbocycles. The first-order chi connectivity index (χ1) is 25.2. The van der Waals surface area contributed by atoms with Crippen molar-refractivity contribution < 1.29 is 37.0 Å². The Labute approximate surface area is 311 Å². The van der Waals surface area contributed by atoms with Crippen molar-refractivity contribution in [2.45, 2.75) is 52.8 Å². The van der Waals surface area contributed by atoms with Crippen molar-refractivity contribution in [2.24, 2.45) is 5.41 Å². The molecule has 8 rings (SSSR count). The standard InChI is InChI=1S/C34H37ClF3N9O5S/c1-4-26-45-46-32(53-26)43-28(49)29(50)47-12-5-13-51-24-11-8-21(14-23(24)35)16-39-30-41-25(42-31(44-30)52-19-34(36,37)38)15-20-6-9-22(10-7-20)27(48)40-17-33(2,3)18-47/h6-11,14H,4-5,12-13,15-19H2,1-3H3,(H,40,48)(H,43,46,49)(H,39,41,42,44). The van der Waals surface area contributed by atoms with Crippen LogP contribution in [0, 0.1) is 5.41 Å². The maximum absolute atomic E-state index is 13.5. The highest BCUT2D eigenvalue weighted by molar-refractivity contribution is 7.15. The second-order valence-electron chi connectivity index (χ2n) is 12.8. The van der Waals surface area contributed by atoms with E-state index in [9.17, 15) is 27.6 Å². The third-order valence-electron chi connectivity index (χ3n) is 7.70. The molecule has 2 aromatic heterocycles. The summed E-state index contributed by atoms with van der Waals surface area (Å²) in [6.07, 6.45) is -3.53. The lowest BCUT2D eigenvalue weighted by Gasteiger charge is -2.32. The molecule has 0 fully saturated rings. The molecular formula is C34H37ClF3N9O5S. The second-order valence-corrected chi connectivity index (χ2v) is 14.3. The number of hydrogen-bond donors (Lipinski definition) is 3. The average Bonchev–Trinajstić information content (AvgIpc) is 3.57. The number of anilines is 2. The third kappa shape index (κ3) is 11.7. The third-order valence-corrected chi connectivity index (χ3v) is 8.98. The summed E-state index contributed by atoms with van der Waals surface area (Å²) >= 11 is 7.70. The molecule has 0 radical (unpaired) electrons. The molecule has 0 atom stereocenters. The van der Waals surface area contributed by atoms with E-state index in [4.69, 9.17) is 21.1 Å². The van der Waals surface area contributed by atoms with Gasteiger partial charge in [0.05, 0.1) is 11.6 Å². The van der Waals surface area contributed by atoms with Crippen molar-refractivity contribution in [1.82, 2.24) is 35.4 Å². The normalized spacial score (nSPS) is 15.5. The van der Waals surface area contributed by atoms with Crippen LogP contribution < -0.4 is 25.4 Å². The van der Waals surface area contributed by atoms with Gasteiger partial charge in [0.15, 0.2) is 6.61 Å². The van der Waals surface area contributed by atoms with Gasteiger partial charge in [-0.05, 0) is 53.6 Å². The number of halogens is 4. The first-order valence-corrected chi connectivity index (χ1v) is 17.8. The molecule has 4 aliphatic rings. The number of alkyl halides is 3. The fourth-order valence-corrected chi connectivity index (χ4v) is 6.03. The molecule has 3 N–H and O–H groups in total. The molecule has 6 heterocycles. The van der Waals surface area contributed by atoms with Gasteiger partial charge >= 0.3 is 24.0 Å². The van der Waals surface area contributed by atoms with E-state index in [0.29, 0.717) is 45.3 Å². The topological polar surface area (TPSA) is 173 Å². The fourth-order valence-electron chi connectivity index (χ4n) is 5.10. The van der Waals surface area contributed by atoms with Gasteiger partial charge in [-0.25, -0.2) is 0 Å². The Balaban J connectivity index is 1.37. The van der Waals surface area contributed by atoms with E-state index in [1.165, 1.54) is 16.2 Å². The second kappa shape index (κ2) is 17.2. The Morgan fingerprint density at radius 1 is 1.08 bits per heavy atom. The SMILES string of the molecule is CCc1nnc(NC(=O)C(=O)N2CCCOc3ccc(cc3Cl)CNc3nc(nc(OCC(F)(F)F)n3)Cc3ccc(cc3)C(=O)NCC(C)(C)C2)s1. The van der Waals surface area contributed by atoms with Crippen LogP contribution >= 0.6 is 22.9 Å². The minimum Gasteiger partial charge on any atom is -0.492 e. The predicted molar refractivity (Wildman–Crippen MR) is 190 cm³/mol. The molecule has 0 saturated carbocycles. The highest BCUT2D eigenvalue weighted by atomic mass is 35.5. The molecule has 14 nitrogen and oxygen atoms in total. The monoisotopic (exact) mass is 775 g/mol.